The minimum atomic E-state index is 0.432. The molecule has 0 aromatic carbocycles. The van der Waals surface area contributed by atoms with Crippen LogP contribution >= 0.6 is 0 Å². The molecule has 64 valence electrons. The Morgan fingerprint density at radius 3 is 2.18 bits per heavy atom. The zero-order valence-electron chi connectivity index (χ0n) is 6.96. The van der Waals surface area contributed by atoms with Crippen LogP contribution in [0.3, 0.4) is 0 Å². The van der Waals surface area contributed by atoms with Crippen molar-refractivity contribution in [1.29, 1.82) is 0 Å². The molecule has 0 radical (unpaired) electrons. The van der Waals surface area contributed by atoms with Gasteiger partial charge in [0.2, 0.25) is 0 Å². The predicted octanol–water partition coefficient (Wildman–Crippen LogP) is 1.44. The van der Waals surface area contributed by atoms with Gasteiger partial charge in [0.1, 0.15) is 0 Å². The lowest BCUT2D eigenvalue weighted by molar-refractivity contribution is -0.0553. The summed E-state index contributed by atoms with van der Waals surface area (Å²) in [6, 6.07) is 0.432. The second kappa shape index (κ2) is 3.11. The van der Waals surface area contributed by atoms with Gasteiger partial charge >= 0.3 is 0 Å². The first-order chi connectivity index (χ1) is 5.34. The SMILES string of the molecule is NC1CC(OC2CCCC2)C1. The topological polar surface area (TPSA) is 35.2 Å². The van der Waals surface area contributed by atoms with Gasteiger partial charge in [0.05, 0.1) is 12.2 Å². The van der Waals surface area contributed by atoms with Crippen molar-refractivity contribution in [3.8, 4) is 0 Å². The standard InChI is InChI=1S/C9H17NO/c10-7-5-9(6-7)11-8-3-1-2-4-8/h7-9H,1-6,10H2. The Morgan fingerprint density at radius 2 is 1.64 bits per heavy atom. The van der Waals surface area contributed by atoms with Crippen LogP contribution in [0.2, 0.25) is 0 Å². The van der Waals surface area contributed by atoms with Gasteiger partial charge in [-0.3, -0.25) is 0 Å². The molecule has 2 aliphatic rings. The molecule has 0 aromatic rings. The van der Waals surface area contributed by atoms with Crippen molar-refractivity contribution >= 4 is 0 Å². The monoisotopic (exact) mass is 155 g/mol. The first-order valence-electron chi connectivity index (χ1n) is 4.75. The van der Waals surface area contributed by atoms with Crippen LogP contribution in [0.25, 0.3) is 0 Å². The van der Waals surface area contributed by atoms with Crippen LogP contribution < -0.4 is 5.73 Å². The van der Waals surface area contributed by atoms with Gasteiger partial charge in [0.25, 0.3) is 0 Å². The molecule has 2 aliphatic carbocycles. The second-order valence-electron chi connectivity index (χ2n) is 3.90. The molecule has 2 rings (SSSR count). The average molecular weight is 155 g/mol. The lowest BCUT2D eigenvalue weighted by Crippen LogP contribution is -2.43. The third-order valence-corrected chi connectivity index (χ3v) is 2.82. The van der Waals surface area contributed by atoms with Crippen LogP contribution in [0.5, 0.6) is 0 Å². The van der Waals surface area contributed by atoms with Gasteiger partial charge < -0.3 is 10.5 Å². The fourth-order valence-corrected chi connectivity index (χ4v) is 2.01. The van der Waals surface area contributed by atoms with Crippen LogP contribution in [0.4, 0.5) is 0 Å². The third kappa shape index (κ3) is 1.74. The maximum atomic E-state index is 5.84. The molecule has 2 saturated carbocycles. The fourth-order valence-electron chi connectivity index (χ4n) is 2.01. The minimum absolute atomic E-state index is 0.432. The highest BCUT2D eigenvalue weighted by Gasteiger charge is 2.29. The summed E-state index contributed by atoms with van der Waals surface area (Å²) in [5.41, 5.74) is 5.66. The Balaban J connectivity index is 1.66. The van der Waals surface area contributed by atoms with Gasteiger partial charge in [0.15, 0.2) is 0 Å². The van der Waals surface area contributed by atoms with Crippen molar-refractivity contribution < 1.29 is 4.74 Å². The summed E-state index contributed by atoms with van der Waals surface area (Å²) >= 11 is 0. The molecule has 2 fully saturated rings. The summed E-state index contributed by atoms with van der Waals surface area (Å²) in [6.45, 7) is 0. The largest absolute Gasteiger partial charge is 0.375 e. The normalized spacial score (nSPS) is 39.0. The fraction of sp³-hybridized carbons (Fsp3) is 1.00. The number of nitrogens with two attached hydrogens (primary N) is 1. The van der Waals surface area contributed by atoms with E-state index >= 15 is 0 Å². The van der Waals surface area contributed by atoms with Crippen molar-refractivity contribution in [2.24, 2.45) is 5.73 Å². The van der Waals surface area contributed by atoms with E-state index in [1.165, 1.54) is 25.7 Å². The van der Waals surface area contributed by atoms with Crippen LogP contribution in [0, 0.1) is 0 Å². The summed E-state index contributed by atoms with van der Waals surface area (Å²) < 4.78 is 5.84. The van der Waals surface area contributed by atoms with Crippen molar-refractivity contribution in [2.75, 3.05) is 0 Å². The lowest BCUT2D eigenvalue weighted by atomic mass is 9.90. The number of ether oxygens (including phenoxy) is 1. The second-order valence-corrected chi connectivity index (χ2v) is 3.90. The molecule has 0 spiro atoms. The zero-order valence-corrected chi connectivity index (χ0v) is 6.96. The molecule has 0 aromatic heterocycles. The molecule has 0 amide bonds. The molecule has 2 N–H and O–H groups in total. The van der Waals surface area contributed by atoms with Gasteiger partial charge in [-0.1, -0.05) is 12.8 Å². The smallest absolute Gasteiger partial charge is 0.0608 e. The molecule has 0 heterocycles. The van der Waals surface area contributed by atoms with Gasteiger partial charge in [-0.05, 0) is 25.7 Å². The summed E-state index contributed by atoms with van der Waals surface area (Å²) in [5.74, 6) is 0. The Bertz CT molecular complexity index is 126. The van der Waals surface area contributed by atoms with E-state index in [9.17, 15) is 0 Å². The first-order valence-corrected chi connectivity index (χ1v) is 4.75. The Labute approximate surface area is 68.1 Å². The quantitative estimate of drug-likeness (QED) is 0.654. The highest BCUT2D eigenvalue weighted by molar-refractivity contribution is 4.84. The highest BCUT2D eigenvalue weighted by Crippen LogP contribution is 2.28. The maximum Gasteiger partial charge on any atom is 0.0608 e. The number of hydrogen-bond acceptors (Lipinski definition) is 2. The molecule has 0 bridgehead atoms. The average Bonchev–Trinajstić information content (AvgIpc) is 2.36. The summed E-state index contributed by atoms with van der Waals surface area (Å²) in [5, 5.41) is 0. The zero-order chi connectivity index (χ0) is 7.68. The van der Waals surface area contributed by atoms with E-state index in [2.05, 4.69) is 0 Å². The van der Waals surface area contributed by atoms with Crippen LogP contribution in [-0.4, -0.2) is 18.2 Å². The molecule has 2 nitrogen and oxygen atoms in total. The predicted molar refractivity (Wildman–Crippen MR) is 44.3 cm³/mol. The molecule has 0 atom stereocenters. The summed E-state index contributed by atoms with van der Waals surface area (Å²) in [4.78, 5) is 0. The third-order valence-electron chi connectivity index (χ3n) is 2.82. The van der Waals surface area contributed by atoms with E-state index in [0.29, 0.717) is 18.2 Å². The van der Waals surface area contributed by atoms with E-state index < -0.39 is 0 Å². The Morgan fingerprint density at radius 1 is 1.00 bits per heavy atom. The summed E-state index contributed by atoms with van der Waals surface area (Å²) in [6.07, 6.45) is 8.57. The molecular weight excluding hydrogens is 138 g/mol. The minimum Gasteiger partial charge on any atom is -0.375 e. The van der Waals surface area contributed by atoms with E-state index in [4.69, 9.17) is 10.5 Å². The van der Waals surface area contributed by atoms with Gasteiger partial charge in [0, 0.05) is 6.04 Å². The van der Waals surface area contributed by atoms with E-state index in [0.717, 1.165) is 12.8 Å². The lowest BCUT2D eigenvalue weighted by Gasteiger charge is -2.34. The van der Waals surface area contributed by atoms with Gasteiger partial charge in [-0.2, -0.15) is 0 Å². The highest BCUT2D eigenvalue weighted by atomic mass is 16.5. The summed E-state index contributed by atoms with van der Waals surface area (Å²) in [7, 11) is 0. The van der Waals surface area contributed by atoms with Gasteiger partial charge in [-0.25, -0.2) is 0 Å². The number of hydrogen-bond donors (Lipinski definition) is 1. The molecule has 0 aliphatic heterocycles. The van der Waals surface area contributed by atoms with E-state index in [1.54, 1.807) is 0 Å². The van der Waals surface area contributed by atoms with Crippen molar-refractivity contribution in [2.45, 2.75) is 56.8 Å². The number of rotatable bonds is 2. The Hall–Kier alpha value is -0.0800. The molecule has 2 heteroatoms. The van der Waals surface area contributed by atoms with Crippen molar-refractivity contribution in [3.63, 3.8) is 0 Å². The van der Waals surface area contributed by atoms with Gasteiger partial charge in [-0.15, -0.1) is 0 Å². The van der Waals surface area contributed by atoms with E-state index in [1.807, 2.05) is 0 Å². The first kappa shape index (κ1) is 7.56. The molecule has 0 saturated heterocycles. The van der Waals surface area contributed by atoms with Crippen LogP contribution in [-0.2, 0) is 4.74 Å². The molecule has 0 unspecified atom stereocenters. The molecule has 11 heavy (non-hydrogen) atoms. The van der Waals surface area contributed by atoms with Crippen molar-refractivity contribution in [1.82, 2.24) is 0 Å². The maximum absolute atomic E-state index is 5.84. The Kier molecular flexibility index (Phi) is 2.14. The van der Waals surface area contributed by atoms with Crippen LogP contribution in [0.1, 0.15) is 38.5 Å². The molecular formula is C9H17NO. The van der Waals surface area contributed by atoms with Crippen molar-refractivity contribution in [3.05, 3.63) is 0 Å². The van der Waals surface area contributed by atoms with Crippen LogP contribution in [0.15, 0.2) is 0 Å². The van der Waals surface area contributed by atoms with E-state index in [-0.39, 0.29) is 0 Å².